The van der Waals surface area contributed by atoms with Crippen LogP contribution in [0.3, 0.4) is 0 Å². The molecule has 3 nitrogen and oxygen atoms in total. The van der Waals surface area contributed by atoms with Crippen molar-refractivity contribution in [3.63, 3.8) is 0 Å². The Hall–Kier alpha value is -3.14. The number of alkyl halides is 6. The smallest absolute Gasteiger partial charge is 0.416 e. The molecule has 1 heterocycles. The van der Waals surface area contributed by atoms with Gasteiger partial charge in [0.25, 0.3) is 0 Å². The van der Waals surface area contributed by atoms with E-state index in [0.29, 0.717) is 40.9 Å². The summed E-state index contributed by atoms with van der Waals surface area (Å²) in [5, 5.41) is 12.5. The molecule has 3 unspecified atom stereocenters. The van der Waals surface area contributed by atoms with E-state index in [1.165, 1.54) is 37.4 Å². The number of nitrogens with zero attached hydrogens (tertiary/aromatic N) is 1. The van der Waals surface area contributed by atoms with Crippen LogP contribution in [-0.4, -0.2) is 6.10 Å². The van der Waals surface area contributed by atoms with Gasteiger partial charge in [0, 0.05) is 23.5 Å². The van der Waals surface area contributed by atoms with E-state index >= 15 is 0 Å². The Morgan fingerprint density at radius 3 is 2.08 bits per heavy atom. The van der Waals surface area contributed by atoms with Crippen LogP contribution >= 0.6 is 0 Å². The fraction of sp³-hybridized carbons (Fsp3) is 0.346. The molecule has 10 heteroatoms. The zero-order valence-electron chi connectivity index (χ0n) is 19.3. The molecule has 1 aliphatic carbocycles. The van der Waals surface area contributed by atoms with Gasteiger partial charge in [-0.25, -0.2) is 4.39 Å². The third-order valence-corrected chi connectivity index (χ3v) is 6.36. The molecule has 0 spiro atoms. The topological polar surface area (TPSA) is 36.2 Å². The van der Waals surface area contributed by atoms with Crippen molar-refractivity contribution in [3.8, 4) is 0 Å². The maximum Gasteiger partial charge on any atom is 0.416 e. The lowest BCUT2D eigenvalue weighted by Gasteiger charge is -2.35. The summed E-state index contributed by atoms with van der Waals surface area (Å²) in [6.45, 7) is 3.11. The highest BCUT2D eigenvalue weighted by atomic mass is 19.4. The van der Waals surface area contributed by atoms with Gasteiger partial charge in [-0.2, -0.15) is 31.1 Å². The lowest BCUT2D eigenvalue weighted by molar-refractivity contribution is -0.615. The van der Waals surface area contributed by atoms with E-state index in [1.807, 2.05) is 0 Å². The van der Waals surface area contributed by atoms with Crippen LogP contribution in [-0.2, 0) is 23.5 Å². The molecule has 1 aliphatic rings. The molecule has 0 fully saturated rings. The molecule has 0 saturated heterocycles. The molecule has 2 aromatic carbocycles. The molecule has 3 atom stereocenters. The summed E-state index contributed by atoms with van der Waals surface area (Å²) in [5.74, 6) is -1.06. The van der Waals surface area contributed by atoms with Crippen molar-refractivity contribution in [2.45, 2.75) is 57.2 Å². The maximum atomic E-state index is 13.6. The number of hydrogen-bond donors (Lipinski definition) is 0. The van der Waals surface area contributed by atoms with Crippen molar-refractivity contribution in [3.05, 3.63) is 105 Å². The van der Waals surface area contributed by atoms with Crippen LogP contribution < -0.4 is 4.73 Å². The summed E-state index contributed by atoms with van der Waals surface area (Å²) in [6, 6.07) is 8.72. The monoisotopic (exact) mass is 513 g/mol. The molecule has 1 aromatic heterocycles. The normalized spacial score (nSPS) is 19.1. The van der Waals surface area contributed by atoms with Crippen LogP contribution in [0.1, 0.15) is 64.4 Å². The minimum Gasteiger partial charge on any atom is -0.618 e. The Morgan fingerprint density at radius 2 is 1.53 bits per heavy atom. The summed E-state index contributed by atoms with van der Waals surface area (Å²) in [5.41, 5.74) is -0.730. The van der Waals surface area contributed by atoms with Crippen LogP contribution in [0.25, 0.3) is 0 Å². The second-order valence-corrected chi connectivity index (χ2v) is 8.97. The van der Waals surface area contributed by atoms with Gasteiger partial charge in [-0.3, -0.25) is 0 Å². The van der Waals surface area contributed by atoms with E-state index in [1.54, 1.807) is 13.0 Å². The Morgan fingerprint density at radius 1 is 0.944 bits per heavy atom. The predicted octanol–water partition coefficient (Wildman–Crippen LogP) is 7.03. The van der Waals surface area contributed by atoms with E-state index < -0.39 is 47.4 Å². The summed E-state index contributed by atoms with van der Waals surface area (Å²) in [6.07, 6.45) is -9.77. The molecule has 0 bridgehead atoms. The van der Waals surface area contributed by atoms with E-state index in [-0.39, 0.29) is 18.1 Å². The van der Waals surface area contributed by atoms with Crippen molar-refractivity contribution in [1.29, 1.82) is 0 Å². The fourth-order valence-corrected chi connectivity index (χ4v) is 4.69. The molecule has 0 radical (unpaired) electrons. The van der Waals surface area contributed by atoms with Crippen LogP contribution in [0.2, 0.25) is 0 Å². The number of ether oxygens (including phenoxy) is 1. The van der Waals surface area contributed by atoms with Gasteiger partial charge in [0.2, 0.25) is 0 Å². The minimum atomic E-state index is -4.98. The third kappa shape index (κ3) is 5.33. The highest BCUT2D eigenvalue weighted by Gasteiger charge is 2.39. The number of benzene rings is 2. The minimum absolute atomic E-state index is 0.0736. The molecule has 0 saturated carbocycles. The first-order valence-electron chi connectivity index (χ1n) is 11.2. The van der Waals surface area contributed by atoms with Crippen molar-refractivity contribution >= 4 is 0 Å². The standard InChI is InChI=1S/C26H22F7NO2/c1-14-9-21-22(34(35)13-14)7-8-23(24(21)16-3-5-20(27)6-4-16)36-15(2)17-10-18(25(28,29)30)12-19(11-17)26(31,32)33/h3-6,9-13,15,23-24H,7-8H2,1-2H3. The molecule has 36 heavy (non-hydrogen) atoms. The van der Waals surface area contributed by atoms with E-state index in [4.69, 9.17) is 4.74 Å². The molecule has 0 amide bonds. The highest BCUT2D eigenvalue weighted by Crippen LogP contribution is 2.42. The number of hydrogen-bond acceptors (Lipinski definition) is 2. The van der Waals surface area contributed by atoms with E-state index in [9.17, 15) is 35.9 Å². The van der Waals surface area contributed by atoms with Gasteiger partial charge in [0.05, 0.1) is 23.3 Å². The van der Waals surface area contributed by atoms with Gasteiger partial charge >= 0.3 is 12.4 Å². The van der Waals surface area contributed by atoms with E-state index in [0.717, 1.165) is 4.73 Å². The predicted molar refractivity (Wildman–Crippen MR) is 116 cm³/mol. The fourth-order valence-electron chi connectivity index (χ4n) is 4.69. The number of rotatable bonds is 4. The first-order chi connectivity index (χ1) is 16.7. The molecule has 0 aliphatic heterocycles. The first-order valence-corrected chi connectivity index (χ1v) is 11.2. The zero-order chi connectivity index (χ0) is 26.4. The number of aromatic nitrogens is 1. The zero-order valence-corrected chi connectivity index (χ0v) is 19.3. The highest BCUT2D eigenvalue weighted by molar-refractivity contribution is 5.39. The third-order valence-electron chi connectivity index (χ3n) is 6.36. The second kappa shape index (κ2) is 9.38. The summed E-state index contributed by atoms with van der Waals surface area (Å²) >= 11 is 0. The van der Waals surface area contributed by atoms with Gasteiger partial charge < -0.3 is 9.94 Å². The average Bonchev–Trinajstić information content (AvgIpc) is 2.78. The summed E-state index contributed by atoms with van der Waals surface area (Å²) in [7, 11) is 0. The lowest BCUT2D eigenvalue weighted by Crippen LogP contribution is -2.40. The van der Waals surface area contributed by atoms with E-state index in [2.05, 4.69) is 0 Å². The second-order valence-electron chi connectivity index (χ2n) is 8.97. The number of pyridine rings is 1. The number of fused-ring (bicyclic) bond motifs is 1. The average molecular weight is 513 g/mol. The van der Waals surface area contributed by atoms with Gasteiger partial charge in [-0.05, 0) is 67.8 Å². The Bertz CT molecular complexity index is 1220. The van der Waals surface area contributed by atoms with Crippen molar-refractivity contribution < 1.29 is 40.2 Å². The SMILES string of the molecule is Cc1cc2c([n+]([O-])c1)CCC(OC(C)c1cc(C(F)(F)F)cc(C(F)(F)F)c1)C2c1ccc(F)cc1. The molecule has 0 N–H and O–H groups in total. The lowest BCUT2D eigenvalue weighted by atomic mass is 9.78. The quantitative estimate of drug-likeness (QED) is 0.213. The van der Waals surface area contributed by atoms with Crippen LogP contribution in [0.15, 0.2) is 54.7 Å². The van der Waals surface area contributed by atoms with Gasteiger partial charge in [-0.15, -0.1) is 0 Å². The molecule has 4 rings (SSSR count). The summed E-state index contributed by atoms with van der Waals surface area (Å²) in [4.78, 5) is 0. The summed E-state index contributed by atoms with van der Waals surface area (Å²) < 4.78 is 101. The molecule has 3 aromatic rings. The van der Waals surface area contributed by atoms with Crippen molar-refractivity contribution in [1.82, 2.24) is 0 Å². The van der Waals surface area contributed by atoms with Gasteiger partial charge in [-0.1, -0.05) is 12.1 Å². The molecule has 192 valence electrons. The van der Waals surface area contributed by atoms with Gasteiger partial charge in [0.15, 0.2) is 11.9 Å². The number of aryl methyl sites for hydroxylation is 1. The van der Waals surface area contributed by atoms with Crippen LogP contribution in [0.5, 0.6) is 0 Å². The van der Waals surface area contributed by atoms with Crippen LogP contribution in [0.4, 0.5) is 30.7 Å². The van der Waals surface area contributed by atoms with Crippen molar-refractivity contribution in [2.24, 2.45) is 0 Å². The maximum absolute atomic E-state index is 13.6. The Labute approximate surface area is 202 Å². The first kappa shape index (κ1) is 25.9. The number of halogens is 7. The van der Waals surface area contributed by atoms with Crippen molar-refractivity contribution in [2.75, 3.05) is 0 Å². The molecular weight excluding hydrogens is 491 g/mol. The Kier molecular flexibility index (Phi) is 6.76. The molecular formula is C26H22F7NO2. The Balaban J connectivity index is 1.75. The van der Waals surface area contributed by atoms with Gasteiger partial charge in [0.1, 0.15) is 5.82 Å². The van der Waals surface area contributed by atoms with Crippen LogP contribution in [0, 0.1) is 17.9 Å². The largest absolute Gasteiger partial charge is 0.618 e.